The molecule has 2 N–H and O–H groups in total. The highest BCUT2D eigenvalue weighted by Crippen LogP contribution is 2.31. The van der Waals surface area contributed by atoms with E-state index in [1.54, 1.807) is 18.3 Å². The summed E-state index contributed by atoms with van der Waals surface area (Å²) in [5.74, 6) is 7.10. The molecule has 0 unspecified atom stereocenters. The first-order valence-electron chi connectivity index (χ1n) is 6.34. The third-order valence-electron chi connectivity index (χ3n) is 2.97. The quantitative estimate of drug-likeness (QED) is 0.573. The summed E-state index contributed by atoms with van der Waals surface area (Å²) in [7, 11) is 0. The number of hydrogen-bond acceptors (Lipinski definition) is 5. The smallest absolute Gasteiger partial charge is 0.210 e. The molecule has 0 fully saturated rings. The Hall–Kier alpha value is -1.76. The van der Waals surface area contributed by atoms with Crippen molar-refractivity contribution in [3.05, 3.63) is 58.2 Å². The summed E-state index contributed by atoms with van der Waals surface area (Å²) >= 11 is 13.7. The molecule has 5 nitrogen and oxygen atoms in total. The van der Waals surface area contributed by atoms with Crippen LogP contribution in [0, 0.1) is 0 Å². The Bertz CT molecular complexity index is 771. The van der Waals surface area contributed by atoms with Crippen molar-refractivity contribution >= 4 is 35.0 Å². The second-order valence-corrected chi connectivity index (χ2v) is 6.14. The summed E-state index contributed by atoms with van der Waals surface area (Å²) in [4.78, 5) is 4.21. The van der Waals surface area contributed by atoms with E-state index in [-0.39, 0.29) is 0 Å². The Labute approximate surface area is 141 Å². The standard InChI is InChI=1S/C14H11Cl2N5S/c15-10-4-3-5-11(16)9(10)8-22-14-20-19-13(21(14)17)12-6-1-2-7-18-12/h1-7H,8,17H2. The Morgan fingerprint density at radius 1 is 1.05 bits per heavy atom. The van der Waals surface area contributed by atoms with Crippen LogP contribution in [0.2, 0.25) is 10.0 Å². The van der Waals surface area contributed by atoms with E-state index in [1.165, 1.54) is 16.4 Å². The lowest BCUT2D eigenvalue weighted by Gasteiger charge is -2.06. The molecule has 112 valence electrons. The lowest BCUT2D eigenvalue weighted by atomic mass is 10.2. The van der Waals surface area contributed by atoms with E-state index < -0.39 is 0 Å². The number of nitrogens with two attached hydrogens (primary N) is 1. The van der Waals surface area contributed by atoms with Crippen LogP contribution in [0.1, 0.15) is 5.56 Å². The number of hydrogen-bond donors (Lipinski definition) is 1. The first-order valence-corrected chi connectivity index (χ1v) is 8.08. The van der Waals surface area contributed by atoms with Gasteiger partial charge in [0.1, 0.15) is 5.69 Å². The summed E-state index contributed by atoms with van der Waals surface area (Å²) in [6.07, 6.45) is 1.68. The zero-order chi connectivity index (χ0) is 15.5. The van der Waals surface area contributed by atoms with Gasteiger partial charge in [0.15, 0.2) is 0 Å². The molecule has 0 aliphatic carbocycles. The number of nitrogens with zero attached hydrogens (tertiary/aromatic N) is 4. The molecular formula is C14H11Cl2N5S. The Morgan fingerprint density at radius 2 is 1.82 bits per heavy atom. The summed E-state index contributed by atoms with van der Waals surface area (Å²) < 4.78 is 1.41. The fourth-order valence-corrected chi connectivity index (χ4v) is 3.45. The van der Waals surface area contributed by atoms with Crippen molar-refractivity contribution in [3.8, 4) is 11.5 Å². The van der Waals surface area contributed by atoms with Gasteiger partial charge in [0.2, 0.25) is 11.0 Å². The van der Waals surface area contributed by atoms with Crippen molar-refractivity contribution in [2.75, 3.05) is 5.84 Å². The van der Waals surface area contributed by atoms with E-state index in [0.717, 1.165) is 5.56 Å². The molecule has 0 bridgehead atoms. The van der Waals surface area contributed by atoms with E-state index in [2.05, 4.69) is 15.2 Å². The fraction of sp³-hybridized carbons (Fsp3) is 0.0714. The summed E-state index contributed by atoms with van der Waals surface area (Å²) in [6, 6.07) is 10.9. The van der Waals surface area contributed by atoms with E-state index in [1.807, 2.05) is 24.3 Å². The zero-order valence-corrected chi connectivity index (χ0v) is 13.6. The minimum Gasteiger partial charge on any atom is -0.335 e. The van der Waals surface area contributed by atoms with Gasteiger partial charge < -0.3 is 5.84 Å². The molecule has 0 aliphatic rings. The number of halogens is 2. The van der Waals surface area contributed by atoms with Gasteiger partial charge in [0, 0.05) is 22.0 Å². The van der Waals surface area contributed by atoms with Gasteiger partial charge in [-0.2, -0.15) is 0 Å². The number of nitrogen functional groups attached to an aromatic ring is 1. The molecule has 0 saturated carbocycles. The first-order chi connectivity index (χ1) is 10.7. The monoisotopic (exact) mass is 351 g/mol. The van der Waals surface area contributed by atoms with E-state index in [9.17, 15) is 0 Å². The molecule has 3 rings (SSSR count). The second-order valence-electron chi connectivity index (χ2n) is 4.38. The maximum atomic E-state index is 6.15. The lowest BCUT2D eigenvalue weighted by Crippen LogP contribution is -2.12. The van der Waals surface area contributed by atoms with Gasteiger partial charge in [0.25, 0.3) is 0 Å². The fourth-order valence-electron chi connectivity index (χ4n) is 1.85. The third kappa shape index (κ3) is 3.04. The number of rotatable bonds is 4. The van der Waals surface area contributed by atoms with E-state index in [0.29, 0.717) is 32.5 Å². The van der Waals surface area contributed by atoms with Gasteiger partial charge in [-0.25, -0.2) is 4.68 Å². The van der Waals surface area contributed by atoms with Crippen molar-refractivity contribution < 1.29 is 0 Å². The van der Waals surface area contributed by atoms with Gasteiger partial charge in [-0.1, -0.05) is 47.1 Å². The van der Waals surface area contributed by atoms with Crippen LogP contribution >= 0.6 is 35.0 Å². The van der Waals surface area contributed by atoms with Gasteiger partial charge in [0.05, 0.1) is 0 Å². The molecule has 0 atom stereocenters. The highest BCUT2D eigenvalue weighted by Gasteiger charge is 2.14. The predicted molar refractivity (Wildman–Crippen MR) is 89.4 cm³/mol. The van der Waals surface area contributed by atoms with Crippen LogP contribution in [-0.4, -0.2) is 19.9 Å². The second kappa shape index (κ2) is 6.56. The Balaban J connectivity index is 1.81. The van der Waals surface area contributed by atoms with Gasteiger partial charge >= 0.3 is 0 Å². The van der Waals surface area contributed by atoms with Crippen molar-refractivity contribution in [2.24, 2.45) is 0 Å². The number of thioether (sulfide) groups is 1. The lowest BCUT2D eigenvalue weighted by molar-refractivity contribution is 0.848. The van der Waals surface area contributed by atoms with Gasteiger partial charge in [-0.3, -0.25) is 4.98 Å². The van der Waals surface area contributed by atoms with E-state index >= 15 is 0 Å². The molecule has 0 spiro atoms. The molecule has 8 heteroatoms. The highest BCUT2D eigenvalue weighted by atomic mass is 35.5. The molecule has 0 amide bonds. The molecule has 0 saturated heterocycles. The Kier molecular flexibility index (Phi) is 4.52. The molecule has 0 aliphatic heterocycles. The zero-order valence-electron chi connectivity index (χ0n) is 11.3. The normalized spacial score (nSPS) is 10.8. The molecule has 0 radical (unpaired) electrons. The van der Waals surface area contributed by atoms with Crippen LogP contribution in [0.5, 0.6) is 0 Å². The van der Waals surface area contributed by atoms with Crippen LogP contribution in [-0.2, 0) is 5.75 Å². The molecular weight excluding hydrogens is 341 g/mol. The summed E-state index contributed by atoms with van der Waals surface area (Å²) in [5, 5.41) is 9.98. The van der Waals surface area contributed by atoms with Crippen LogP contribution in [0.15, 0.2) is 47.8 Å². The summed E-state index contributed by atoms with van der Waals surface area (Å²) in [6.45, 7) is 0. The minimum absolute atomic E-state index is 0.508. The van der Waals surface area contributed by atoms with Gasteiger partial charge in [-0.15, -0.1) is 10.2 Å². The topological polar surface area (TPSA) is 69.6 Å². The molecule has 22 heavy (non-hydrogen) atoms. The van der Waals surface area contributed by atoms with Crippen molar-refractivity contribution in [3.63, 3.8) is 0 Å². The first kappa shape index (κ1) is 15.1. The average molecular weight is 352 g/mol. The molecule has 1 aromatic carbocycles. The minimum atomic E-state index is 0.508. The maximum Gasteiger partial charge on any atom is 0.210 e. The van der Waals surface area contributed by atoms with Gasteiger partial charge in [-0.05, 0) is 29.8 Å². The van der Waals surface area contributed by atoms with Crippen molar-refractivity contribution in [1.82, 2.24) is 19.9 Å². The van der Waals surface area contributed by atoms with Crippen LogP contribution < -0.4 is 5.84 Å². The predicted octanol–water partition coefficient (Wildman–Crippen LogP) is 3.65. The number of pyridine rings is 1. The number of benzene rings is 1. The van der Waals surface area contributed by atoms with E-state index in [4.69, 9.17) is 29.0 Å². The SMILES string of the molecule is Nn1c(SCc2c(Cl)cccc2Cl)nnc1-c1ccccn1. The average Bonchev–Trinajstić information content (AvgIpc) is 2.89. The molecule has 2 aromatic heterocycles. The molecule has 3 aromatic rings. The van der Waals surface area contributed by atoms with Crippen LogP contribution in [0.25, 0.3) is 11.5 Å². The highest BCUT2D eigenvalue weighted by molar-refractivity contribution is 7.98. The van der Waals surface area contributed by atoms with Crippen LogP contribution in [0.3, 0.4) is 0 Å². The Morgan fingerprint density at radius 3 is 2.50 bits per heavy atom. The largest absolute Gasteiger partial charge is 0.335 e. The van der Waals surface area contributed by atoms with Crippen LogP contribution in [0.4, 0.5) is 0 Å². The third-order valence-corrected chi connectivity index (χ3v) is 4.64. The van der Waals surface area contributed by atoms with Crippen molar-refractivity contribution in [1.29, 1.82) is 0 Å². The maximum absolute atomic E-state index is 6.15. The van der Waals surface area contributed by atoms with Crippen molar-refractivity contribution in [2.45, 2.75) is 10.9 Å². The molecule has 2 heterocycles. The summed E-state index contributed by atoms with van der Waals surface area (Å²) in [5.41, 5.74) is 1.51. The number of aromatic nitrogens is 4.